The summed E-state index contributed by atoms with van der Waals surface area (Å²) in [5.74, 6) is -2.30. The molecule has 0 unspecified atom stereocenters. The topological polar surface area (TPSA) is 311 Å². The van der Waals surface area contributed by atoms with Crippen molar-refractivity contribution in [2.75, 3.05) is 58.1 Å². The monoisotopic (exact) mass is 1710 g/mol. The second-order valence-corrected chi connectivity index (χ2v) is 30.1. The maximum Gasteiger partial charge on any atom is 0.306 e. The smallest absolute Gasteiger partial charge is 0.306 e. The molecule has 4 aromatic rings. The number of aliphatic carboxylic acids is 1. The van der Waals surface area contributed by atoms with Crippen molar-refractivity contribution in [3.8, 4) is 20.9 Å². The van der Waals surface area contributed by atoms with Crippen LogP contribution in [0.5, 0.6) is 0 Å². The number of rotatable bonds is 33. The highest BCUT2D eigenvalue weighted by Gasteiger charge is 2.45. The van der Waals surface area contributed by atoms with Gasteiger partial charge in [-0.15, -0.1) is 22.7 Å². The van der Waals surface area contributed by atoms with E-state index in [1.54, 1.807) is 22.7 Å². The third kappa shape index (κ3) is 36.1. The number of thiazole rings is 2. The number of nitrogens with two attached hydrogens (primary N) is 1. The van der Waals surface area contributed by atoms with Crippen LogP contribution in [0.4, 0.5) is 0 Å². The molecule has 5 amide bonds. The number of carbonyl (C=O) groups is 7. The van der Waals surface area contributed by atoms with Crippen LogP contribution >= 0.6 is 75.8 Å². The largest absolute Gasteiger partial charge is 0.481 e. The summed E-state index contributed by atoms with van der Waals surface area (Å²) in [4.78, 5) is 100. The van der Waals surface area contributed by atoms with Crippen LogP contribution in [0.1, 0.15) is 189 Å². The molecule has 0 aliphatic carbocycles. The molecule has 558 valence electrons. The molecule has 0 radical (unpaired) electrons. The van der Waals surface area contributed by atoms with Gasteiger partial charge in [-0.1, -0.05) is 126 Å². The van der Waals surface area contributed by atoms with Crippen molar-refractivity contribution in [3.63, 3.8) is 0 Å². The summed E-state index contributed by atoms with van der Waals surface area (Å²) >= 11 is 10.7. The SMILES string of the molecule is CC(C)(C)OC(=O)CCCCOCCBr.CCCCOCCCCC(=O)O.CCCOCCCCC(=O)N[C@H](C(=O)N1C[C@H](O)C[C@H]1C(=O)NCc1ccc(-c2scnc2C)cc1)C(C)(C)C.Cc1ncsc1-c1ccc(CNC(=O)[C@@H]2C[C@@H](O)CN2C(=O)[C@@H](N)C(C)(C)C)cc1.II. The van der Waals surface area contributed by atoms with Crippen molar-refractivity contribution < 1.29 is 67.8 Å². The summed E-state index contributed by atoms with van der Waals surface area (Å²) in [6.07, 6.45) is 7.85. The number of carbonyl (C=O) groups excluding carboxylic acids is 6. The molecule has 2 aromatic heterocycles. The molecule has 22 nitrogen and oxygen atoms in total. The Morgan fingerprint density at radius 2 is 1.03 bits per heavy atom. The van der Waals surface area contributed by atoms with Crippen LogP contribution in [0.15, 0.2) is 59.6 Å². The highest BCUT2D eigenvalue weighted by molar-refractivity contribution is 15.0. The second-order valence-electron chi connectivity index (χ2n) is 27.6. The molecule has 27 heteroatoms. The van der Waals surface area contributed by atoms with E-state index in [1.807, 2.05) is 136 Å². The van der Waals surface area contributed by atoms with Crippen LogP contribution in [0.3, 0.4) is 0 Å². The molecule has 2 aliphatic heterocycles. The van der Waals surface area contributed by atoms with Crippen molar-refractivity contribution in [1.82, 2.24) is 35.7 Å². The number of nitrogens with one attached hydrogen (secondary N) is 3. The van der Waals surface area contributed by atoms with Gasteiger partial charge in [-0.2, -0.15) is 0 Å². The number of amides is 5. The van der Waals surface area contributed by atoms with Crippen molar-refractivity contribution in [2.24, 2.45) is 16.6 Å². The molecule has 6 rings (SSSR count). The summed E-state index contributed by atoms with van der Waals surface area (Å²) in [6.45, 7) is 30.2. The Hall–Kier alpha value is -4.31. The van der Waals surface area contributed by atoms with Gasteiger partial charge in [-0.05, 0) is 119 Å². The van der Waals surface area contributed by atoms with Crippen molar-refractivity contribution in [3.05, 3.63) is 82.1 Å². The third-order valence-electron chi connectivity index (χ3n) is 15.6. The Bertz CT molecular complexity index is 3000. The van der Waals surface area contributed by atoms with E-state index in [0.29, 0.717) is 58.8 Å². The van der Waals surface area contributed by atoms with Crippen molar-refractivity contribution in [2.45, 2.75) is 235 Å². The number of aliphatic hydroxyl groups is 2. The van der Waals surface area contributed by atoms with Gasteiger partial charge >= 0.3 is 11.9 Å². The number of alkyl halides is 1. The molecule has 0 bridgehead atoms. The number of carboxylic acid groups (broad SMARTS) is 1. The molecule has 2 aliphatic rings. The van der Waals surface area contributed by atoms with Crippen LogP contribution in [0, 0.1) is 24.7 Å². The highest BCUT2D eigenvalue weighted by atomic mass is 128. The number of hydrogen-bond donors (Lipinski definition) is 7. The normalized spacial score (nSPS) is 16.4. The number of hydrogen-bond acceptors (Lipinski definition) is 18. The average molecular weight is 1710 g/mol. The summed E-state index contributed by atoms with van der Waals surface area (Å²) in [5, 5.41) is 38.3. The van der Waals surface area contributed by atoms with E-state index in [0.717, 1.165) is 113 Å². The zero-order valence-corrected chi connectivity index (χ0v) is 68.1. The number of ether oxygens (including phenoxy) is 4. The van der Waals surface area contributed by atoms with E-state index in [-0.39, 0.29) is 73.5 Å². The number of halogens is 3. The lowest BCUT2D eigenvalue weighted by Crippen LogP contribution is -2.57. The molecule has 99 heavy (non-hydrogen) atoms. The van der Waals surface area contributed by atoms with E-state index >= 15 is 0 Å². The van der Waals surface area contributed by atoms with Crippen LogP contribution in [0.2, 0.25) is 0 Å². The standard InChI is InChI=1S/C30H44N4O5S.C22H30N4O3S.C11H21BrO3.C9H18O3.I2/c1-6-14-39-15-8-7-9-25(36)33-27(30(3,4)5)29(38)34-18-23(35)16-24(34)28(37)31-17-21-10-12-22(13-11-21)26-20(2)32-19-40-26;1-13-18(30-12-25-13)15-7-5-14(6-8-15)10-24-20(28)17-9-16(27)11-26(17)21(29)19(23)22(2,3)4;1-11(2,3)15-10(13)6-4-5-8-14-9-7-12;1-2-3-7-12-8-5-4-6-9(10)11;1-2/h10-13,19,23-24,27,35H,6-9,14-18H2,1-5H3,(H,31,37)(H,33,36);5-8,12,16-17,19,27H,9-11,23H2,1-4H3,(H,24,28);4-9H2,1-3H3;2-8H2,1H3,(H,10,11);/t23-,24+,27-;16-,17+,19-;;;/m11.../s1. The minimum absolute atomic E-state index is 0.0526. The summed E-state index contributed by atoms with van der Waals surface area (Å²) in [5.41, 5.74) is 14.4. The van der Waals surface area contributed by atoms with Gasteiger partial charge in [0.25, 0.3) is 0 Å². The predicted molar refractivity (Wildman–Crippen MR) is 414 cm³/mol. The van der Waals surface area contributed by atoms with E-state index in [9.17, 15) is 43.8 Å². The summed E-state index contributed by atoms with van der Waals surface area (Å²) < 4.78 is 21.2. The fourth-order valence-electron chi connectivity index (χ4n) is 10.1. The number of aromatic nitrogens is 2. The Morgan fingerprint density at radius 3 is 1.42 bits per heavy atom. The number of benzene rings is 2. The zero-order valence-electron chi connectivity index (χ0n) is 60.6. The molecule has 2 saturated heterocycles. The molecule has 8 N–H and O–H groups in total. The van der Waals surface area contributed by atoms with Gasteiger partial charge in [0.1, 0.15) is 23.7 Å². The number of aryl methyl sites for hydroxylation is 2. The Balaban J connectivity index is 0.000000493. The number of likely N-dealkylation sites (tertiary alicyclic amines) is 2. The maximum absolute atomic E-state index is 13.7. The first kappa shape index (κ1) is 90.8. The Kier molecular flexibility index (Phi) is 44.6. The van der Waals surface area contributed by atoms with Crippen LogP contribution in [-0.4, -0.2) is 177 Å². The van der Waals surface area contributed by atoms with Gasteiger partial charge in [-0.3, -0.25) is 33.6 Å². The molecule has 0 saturated carbocycles. The minimum Gasteiger partial charge on any atom is -0.481 e. The second kappa shape index (κ2) is 48.6. The Labute approximate surface area is 628 Å². The number of esters is 1. The lowest BCUT2D eigenvalue weighted by molar-refractivity contribution is -0.155. The first-order valence-electron chi connectivity index (χ1n) is 34.2. The quantitative estimate of drug-likeness (QED) is 0.0101. The van der Waals surface area contributed by atoms with Gasteiger partial charge < -0.3 is 65.8 Å². The van der Waals surface area contributed by atoms with E-state index in [1.165, 1.54) is 9.80 Å². The molecule has 0 spiro atoms. The van der Waals surface area contributed by atoms with Gasteiger partial charge in [0, 0.05) is 134 Å². The summed E-state index contributed by atoms with van der Waals surface area (Å²) in [6, 6.07) is 12.8. The molecule has 6 atom stereocenters. The first-order chi connectivity index (χ1) is 46.8. The first-order valence-corrected chi connectivity index (χ1v) is 43.4. The van der Waals surface area contributed by atoms with Crippen LogP contribution in [-0.2, 0) is 65.6 Å². The highest BCUT2D eigenvalue weighted by Crippen LogP contribution is 2.31. The molecular weight excluding hydrogens is 1600 g/mol. The van der Waals surface area contributed by atoms with Crippen molar-refractivity contribution in [1.29, 1.82) is 0 Å². The van der Waals surface area contributed by atoms with Crippen molar-refractivity contribution >= 4 is 117 Å². The van der Waals surface area contributed by atoms with Gasteiger partial charge in [0.2, 0.25) is 29.5 Å². The average Bonchev–Trinajstić information content (AvgIpc) is 1.72. The fourth-order valence-corrected chi connectivity index (χ4v) is 12.0. The van der Waals surface area contributed by atoms with Gasteiger partial charge in [0.05, 0.1) is 57.0 Å². The zero-order chi connectivity index (χ0) is 74.3. The fraction of sp³-hybridized carbons (Fsp3) is 0.653. The Morgan fingerprint density at radius 1 is 0.606 bits per heavy atom. The number of nitrogens with zero attached hydrogens (tertiary/aromatic N) is 4. The van der Waals surface area contributed by atoms with E-state index in [2.05, 4.69) is 92.9 Å². The molecule has 4 heterocycles. The predicted octanol–water partition coefficient (Wildman–Crippen LogP) is 12.6. The van der Waals surface area contributed by atoms with Gasteiger partial charge in [-0.25, -0.2) is 9.97 Å². The van der Waals surface area contributed by atoms with Crippen LogP contribution < -0.4 is 21.7 Å². The summed E-state index contributed by atoms with van der Waals surface area (Å²) in [7, 11) is 0. The number of aliphatic hydroxyl groups excluding tert-OH is 2. The maximum atomic E-state index is 13.7. The van der Waals surface area contributed by atoms with E-state index in [4.69, 9.17) is 29.8 Å². The number of carboxylic acids is 1. The third-order valence-corrected chi connectivity index (χ3v) is 17.9. The van der Waals surface area contributed by atoms with E-state index < -0.39 is 53.2 Å². The molecular formula is C72H113BrI2N8O14S2. The molecule has 2 aromatic carbocycles. The minimum atomic E-state index is -0.820. The lowest BCUT2D eigenvalue weighted by atomic mass is 9.85. The number of unbranched alkanes of at least 4 members (excludes halogenated alkanes) is 4. The molecule has 2 fully saturated rings. The van der Waals surface area contributed by atoms with Gasteiger partial charge in [0.15, 0.2) is 0 Å². The number of β-amino-alcohol motifs (C(OH)–C–C–N with tert-alkyl or cyclic N) is 2. The van der Waals surface area contributed by atoms with Crippen LogP contribution in [0.25, 0.3) is 20.9 Å². The lowest BCUT2D eigenvalue weighted by Gasteiger charge is -2.35.